The third-order valence-corrected chi connectivity index (χ3v) is 4.01. The summed E-state index contributed by atoms with van der Waals surface area (Å²) in [6.45, 7) is 1.54. The molecule has 0 fully saturated rings. The molecule has 2 heterocycles. The standard InChI is InChI=1S/C19H14N2O4/c1-11(22)14-8-17-18(25-10-24-17)9-16(14)21-19(23)13-4-5-15-12(7-13)3-2-6-20-15/h2-9H,10H2,1H3,(H,21,23). The van der Waals surface area contributed by atoms with Crippen LogP contribution in [0.2, 0.25) is 0 Å². The number of hydrogen-bond donors (Lipinski definition) is 1. The van der Waals surface area contributed by atoms with Crippen molar-refractivity contribution < 1.29 is 19.1 Å². The molecule has 6 heteroatoms. The number of amides is 1. The van der Waals surface area contributed by atoms with E-state index in [1.165, 1.54) is 6.92 Å². The van der Waals surface area contributed by atoms with Crippen molar-refractivity contribution in [1.29, 1.82) is 0 Å². The Bertz CT molecular complexity index is 1010. The van der Waals surface area contributed by atoms with Crippen LogP contribution in [0.3, 0.4) is 0 Å². The molecule has 4 rings (SSSR count). The minimum atomic E-state index is -0.313. The fourth-order valence-electron chi connectivity index (χ4n) is 2.75. The van der Waals surface area contributed by atoms with Gasteiger partial charge in [-0.3, -0.25) is 14.6 Å². The quantitative estimate of drug-likeness (QED) is 0.743. The zero-order chi connectivity index (χ0) is 17.4. The maximum atomic E-state index is 12.6. The van der Waals surface area contributed by atoms with Gasteiger partial charge >= 0.3 is 0 Å². The predicted molar refractivity (Wildman–Crippen MR) is 92.3 cm³/mol. The molecular weight excluding hydrogens is 320 g/mol. The van der Waals surface area contributed by atoms with Crippen molar-refractivity contribution in [2.24, 2.45) is 0 Å². The summed E-state index contributed by atoms with van der Waals surface area (Å²) in [4.78, 5) is 28.8. The summed E-state index contributed by atoms with van der Waals surface area (Å²) >= 11 is 0. The first-order valence-corrected chi connectivity index (χ1v) is 7.72. The Morgan fingerprint density at radius 2 is 1.88 bits per heavy atom. The molecule has 0 bridgehead atoms. The number of ketones is 1. The Kier molecular flexibility index (Phi) is 3.57. The molecular formula is C19H14N2O4. The Hall–Kier alpha value is -3.41. The highest BCUT2D eigenvalue weighted by Crippen LogP contribution is 2.37. The molecule has 0 aliphatic carbocycles. The first-order chi connectivity index (χ1) is 12.1. The lowest BCUT2D eigenvalue weighted by molar-refractivity contribution is 0.101. The number of benzene rings is 2. The molecule has 1 aromatic heterocycles. The van der Waals surface area contributed by atoms with E-state index >= 15 is 0 Å². The molecule has 124 valence electrons. The summed E-state index contributed by atoms with van der Waals surface area (Å²) in [5, 5.41) is 3.66. The van der Waals surface area contributed by atoms with Crippen molar-refractivity contribution >= 4 is 28.3 Å². The highest BCUT2D eigenvalue weighted by molar-refractivity contribution is 6.10. The Balaban J connectivity index is 1.69. The van der Waals surface area contributed by atoms with E-state index in [1.807, 2.05) is 12.1 Å². The molecule has 1 aliphatic rings. The molecule has 1 amide bonds. The van der Waals surface area contributed by atoms with Gasteiger partial charge in [0.2, 0.25) is 6.79 Å². The average molecular weight is 334 g/mol. The van der Waals surface area contributed by atoms with Crippen LogP contribution < -0.4 is 14.8 Å². The second-order valence-corrected chi connectivity index (χ2v) is 5.67. The van der Waals surface area contributed by atoms with E-state index in [-0.39, 0.29) is 18.5 Å². The highest BCUT2D eigenvalue weighted by Gasteiger charge is 2.20. The normalized spacial score (nSPS) is 12.2. The third-order valence-electron chi connectivity index (χ3n) is 4.01. The van der Waals surface area contributed by atoms with Crippen LogP contribution in [0.25, 0.3) is 10.9 Å². The van der Waals surface area contributed by atoms with Crippen molar-refractivity contribution in [3.8, 4) is 11.5 Å². The Morgan fingerprint density at radius 3 is 2.68 bits per heavy atom. The van der Waals surface area contributed by atoms with Crippen LogP contribution in [0, 0.1) is 0 Å². The van der Waals surface area contributed by atoms with Gasteiger partial charge in [0.05, 0.1) is 11.2 Å². The lowest BCUT2D eigenvalue weighted by Crippen LogP contribution is -2.14. The predicted octanol–water partition coefficient (Wildman–Crippen LogP) is 3.42. The van der Waals surface area contributed by atoms with E-state index in [0.717, 1.165) is 10.9 Å². The molecule has 0 saturated heterocycles. The Labute approximate surface area is 143 Å². The number of carbonyl (C=O) groups is 2. The second kappa shape index (κ2) is 5.90. The van der Waals surface area contributed by atoms with Crippen LogP contribution in [0.5, 0.6) is 11.5 Å². The second-order valence-electron chi connectivity index (χ2n) is 5.67. The summed E-state index contributed by atoms with van der Waals surface area (Å²) < 4.78 is 10.6. The van der Waals surface area contributed by atoms with E-state index in [4.69, 9.17) is 9.47 Å². The van der Waals surface area contributed by atoms with E-state index in [0.29, 0.717) is 28.3 Å². The number of carbonyl (C=O) groups excluding carboxylic acids is 2. The number of aromatic nitrogens is 1. The summed E-state index contributed by atoms with van der Waals surface area (Å²) in [7, 11) is 0. The van der Waals surface area contributed by atoms with Gasteiger partial charge in [0.15, 0.2) is 17.3 Å². The summed E-state index contributed by atoms with van der Waals surface area (Å²) in [6, 6.07) is 12.2. The molecule has 0 spiro atoms. The molecule has 6 nitrogen and oxygen atoms in total. The summed E-state index contributed by atoms with van der Waals surface area (Å²) in [5.41, 5.74) is 2.06. The van der Waals surface area contributed by atoms with E-state index < -0.39 is 0 Å². The molecule has 0 saturated carbocycles. The van der Waals surface area contributed by atoms with Crippen molar-refractivity contribution in [2.75, 3.05) is 12.1 Å². The van der Waals surface area contributed by atoms with Gasteiger partial charge < -0.3 is 14.8 Å². The third kappa shape index (κ3) is 2.78. The van der Waals surface area contributed by atoms with Crippen LogP contribution in [0.15, 0.2) is 48.7 Å². The number of rotatable bonds is 3. The maximum Gasteiger partial charge on any atom is 0.255 e. The van der Waals surface area contributed by atoms with Crippen LogP contribution >= 0.6 is 0 Å². The smallest absolute Gasteiger partial charge is 0.255 e. The van der Waals surface area contributed by atoms with Gasteiger partial charge in [0.25, 0.3) is 5.91 Å². The van der Waals surface area contributed by atoms with Crippen LogP contribution in [-0.4, -0.2) is 23.5 Å². The van der Waals surface area contributed by atoms with Gasteiger partial charge in [-0.2, -0.15) is 0 Å². The van der Waals surface area contributed by atoms with Crippen molar-refractivity contribution in [3.63, 3.8) is 0 Å². The van der Waals surface area contributed by atoms with E-state index in [1.54, 1.807) is 36.5 Å². The molecule has 1 aliphatic heterocycles. The van der Waals surface area contributed by atoms with Crippen LogP contribution in [0.4, 0.5) is 5.69 Å². The van der Waals surface area contributed by atoms with Gasteiger partial charge in [-0.05, 0) is 37.3 Å². The number of Topliss-reactive ketones (excluding diaryl/α,β-unsaturated/α-hetero) is 1. The summed E-state index contributed by atoms with van der Waals surface area (Å²) in [5.74, 6) is 0.520. The number of nitrogens with one attached hydrogen (secondary N) is 1. The fourth-order valence-corrected chi connectivity index (χ4v) is 2.75. The number of nitrogens with zero attached hydrogens (tertiary/aromatic N) is 1. The SMILES string of the molecule is CC(=O)c1cc2c(cc1NC(=O)c1ccc3ncccc3c1)OCO2. The molecule has 2 aromatic carbocycles. The van der Waals surface area contributed by atoms with Gasteiger partial charge in [-0.15, -0.1) is 0 Å². The topological polar surface area (TPSA) is 77.5 Å². The van der Waals surface area contributed by atoms with Gasteiger partial charge in [0.1, 0.15) is 0 Å². The van der Waals surface area contributed by atoms with Gasteiger partial charge in [-0.1, -0.05) is 6.07 Å². The Morgan fingerprint density at radius 1 is 1.08 bits per heavy atom. The largest absolute Gasteiger partial charge is 0.454 e. The number of anilines is 1. The zero-order valence-electron chi connectivity index (χ0n) is 13.4. The number of fused-ring (bicyclic) bond motifs is 2. The minimum Gasteiger partial charge on any atom is -0.454 e. The number of hydrogen-bond acceptors (Lipinski definition) is 5. The molecule has 0 unspecified atom stereocenters. The highest BCUT2D eigenvalue weighted by atomic mass is 16.7. The number of pyridine rings is 1. The summed E-state index contributed by atoms with van der Waals surface area (Å²) in [6.07, 6.45) is 1.70. The molecule has 0 atom stereocenters. The van der Waals surface area contributed by atoms with Crippen LogP contribution in [-0.2, 0) is 0 Å². The van der Waals surface area contributed by atoms with Gasteiger partial charge in [0, 0.05) is 28.8 Å². The van der Waals surface area contributed by atoms with Crippen LogP contribution in [0.1, 0.15) is 27.6 Å². The van der Waals surface area contributed by atoms with Crippen molar-refractivity contribution in [2.45, 2.75) is 6.92 Å². The molecule has 25 heavy (non-hydrogen) atoms. The lowest BCUT2D eigenvalue weighted by atomic mass is 10.1. The minimum absolute atomic E-state index is 0.0990. The van der Waals surface area contributed by atoms with E-state index in [9.17, 15) is 9.59 Å². The maximum absolute atomic E-state index is 12.6. The zero-order valence-corrected chi connectivity index (χ0v) is 13.4. The molecule has 3 aromatic rings. The van der Waals surface area contributed by atoms with Crippen molar-refractivity contribution in [1.82, 2.24) is 4.98 Å². The molecule has 0 radical (unpaired) electrons. The fraction of sp³-hybridized carbons (Fsp3) is 0.105. The first kappa shape index (κ1) is 15.1. The van der Waals surface area contributed by atoms with Gasteiger partial charge in [-0.25, -0.2) is 0 Å². The van der Waals surface area contributed by atoms with E-state index in [2.05, 4.69) is 10.3 Å². The monoisotopic (exact) mass is 334 g/mol. The lowest BCUT2D eigenvalue weighted by Gasteiger charge is -2.11. The average Bonchev–Trinajstić information content (AvgIpc) is 3.07. The molecule has 1 N–H and O–H groups in total. The number of ether oxygens (including phenoxy) is 2. The first-order valence-electron chi connectivity index (χ1n) is 7.72. The van der Waals surface area contributed by atoms with Crippen molar-refractivity contribution in [3.05, 3.63) is 59.8 Å².